The van der Waals surface area contributed by atoms with Gasteiger partial charge in [0.25, 0.3) is 0 Å². The van der Waals surface area contributed by atoms with Crippen molar-refractivity contribution in [3.63, 3.8) is 0 Å². The second kappa shape index (κ2) is 11.2. The van der Waals surface area contributed by atoms with Crippen LogP contribution in [0.15, 0.2) is 36.9 Å². The van der Waals surface area contributed by atoms with Crippen molar-refractivity contribution in [2.24, 2.45) is 5.73 Å². The highest BCUT2D eigenvalue weighted by Gasteiger charge is 1.92. The van der Waals surface area contributed by atoms with Crippen molar-refractivity contribution in [1.29, 1.82) is 0 Å². The van der Waals surface area contributed by atoms with E-state index in [1.165, 1.54) is 32.1 Å². The summed E-state index contributed by atoms with van der Waals surface area (Å²) in [4.78, 5) is 0. The zero-order valence-electron chi connectivity index (χ0n) is 10.9. The maximum atomic E-state index is 9.03. The standard InChI is InChI=1S/C8H16.C7H9NO/c1-3-5-7-8-6-4-2;8-5-6-3-1-2-4-7(6)9/h3H,1,4-8H2,2H3;1-4,9H,5,8H2. The Balaban J connectivity index is 0.000000304. The monoisotopic (exact) mass is 235 g/mol. The average Bonchev–Trinajstić information content (AvgIpc) is 2.36. The minimum atomic E-state index is 0.278. The van der Waals surface area contributed by atoms with Crippen LogP contribution in [-0.4, -0.2) is 5.11 Å². The highest BCUT2D eigenvalue weighted by molar-refractivity contribution is 5.31. The number of nitrogens with two attached hydrogens (primary N) is 1. The minimum absolute atomic E-state index is 0.278. The summed E-state index contributed by atoms with van der Waals surface area (Å²) in [6.45, 7) is 6.28. The van der Waals surface area contributed by atoms with Gasteiger partial charge in [0.1, 0.15) is 5.75 Å². The summed E-state index contributed by atoms with van der Waals surface area (Å²) < 4.78 is 0. The quantitative estimate of drug-likeness (QED) is 0.578. The van der Waals surface area contributed by atoms with Crippen molar-refractivity contribution in [3.05, 3.63) is 42.5 Å². The fourth-order valence-electron chi connectivity index (χ4n) is 1.40. The van der Waals surface area contributed by atoms with Gasteiger partial charge in [0.2, 0.25) is 0 Å². The zero-order valence-corrected chi connectivity index (χ0v) is 10.9. The van der Waals surface area contributed by atoms with Crippen molar-refractivity contribution in [3.8, 4) is 5.75 Å². The molecule has 0 unspecified atom stereocenters. The molecule has 0 atom stereocenters. The highest BCUT2D eigenvalue weighted by Crippen LogP contribution is 2.13. The van der Waals surface area contributed by atoms with E-state index in [9.17, 15) is 0 Å². The Morgan fingerprint density at radius 1 is 1.24 bits per heavy atom. The molecule has 1 aromatic rings. The van der Waals surface area contributed by atoms with Gasteiger partial charge < -0.3 is 10.8 Å². The number of phenols is 1. The average molecular weight is 235 g/mol. The van der Waals surface area contributed by atoms with E-state index in [0.717, 1.165) is 5.56 Å². The van der Waals surface area contributed by atoms with Crippen LogP contribution in [0.5, 0.6) is 5.75 Å². The number of allylic oxidation sites excluding steroid dienone is 1. The van der Waals surface area contributed by atoms with Crippen molar-refractivity contribution >= 4 is 0 Å². The van der Waals surface area contributed by atoms with E-state index in [1.54, 1.807) is 18.2 Å². The lowest BCUT2D eigenvalue weighted by molar-refractivity contribution is 0.468. The molecule has 0 aliphatic heterocycles. The Morgan fingerprint density at radius 3 is 2.41 bits per heavy atom. The fourth-order valence-corrected chi connectivity index (χ4v) is 1.40. The van der Waals surface area contributed by atoms with E-state index in [4.69, 9.17) is 10.8 Å². The molecule has 0 aliphatic rings. The third kappa shape index (κ3) is 8.52. The molecule has 2 nitrogen and oxygen atoms in total. The molecule has 96 valence electrons. The van der Waals surface area contributed by atoms with Gasteiger partial charge in [-0.15, -0.1) is 6.58 Å². The van der Waals surface area contributed by atoms with Gasteiger partial charge in [-0.1, -0.05) is 50.5 Å². The van der Waals surface area contributed by atoms with E-state index in [0.29, 0.717) is 6.54 Å². The van der Waals surface area contributed by atoms with Gasteiger partial charge in [-0.2, -0.15) is 0 Å². The second-order valence-electron chi connectivity index (χ2n) is 3.97. The van der Waals surface area contributed by atoms with Crippen molar-refractivity contribution < 1.29 is 5.11 Å². The molecule has 0 amide bonds. The predicted molar refractivity (Wildman–Crippen MR) is 75.0 cm³/mol. The molecule has 0 fully saturated rings. The maximum Gasteiger partial charge on any atom is 0.120 e. The fraction of sp³-hybridized carbons (Fsp3) is 0.467. The summed E-state index contributed by atoms with van der Waals surface area (Å²) in [6.07, 6.45) is 8.61. The summed E-state index contributed by atoms with van der Waals surface area (Å²) >= 11 is 0. The van der Waals surface area contributed by atoms with Crippen LogP contribution in [0.2, 0.25) is 0 Å². The van der Waals surface area contributed by atoms with E-state index in [-0.39, 0.29) is 5.75 Å². The van der Waals surface area contributed by atoms with Gasteiger partial charge in [0.15, 0.2) is 0 Å². The number of unbranched alkanes of at least 4 members (excludes halogenated alkanes) is 4. The van der Waals surface area contributed by atoms with Crippen LogP contribution < -0.4 is 5.73 Å². The molecule has 2 heteroatoms. The molecule has 0 saturated heterocycles. The van der Waals surface area contributed by atoms with Crippen LogP contribution in [0.4, 0.5) is 0 Å². The molecule has 0 bridgehead atoms. The molecule has 0 aliphatic carbocycles. The van der Waals surface area contributed by atoms with Gasteiger partial charge in [-0.05, 0) is 18.9 Å². The van der Waals surface area contributed by atoms with Gasteiger partial charge >= 0.3 is 0 Å². The molecule has 3 N–H and O–H groups in total. The van der Waals surface area contributed by atoms with Gasteiger partial charge in [-0.3, -0.25) is 0 Å². The molecule has 0 radical (unpaired) electrons. The molecule has 0 spiro atoms. The van der Waals surface area contributed by atoms with Crippen molar-refractivity contribution in [1.82, 2.24) is 0 Å². The molecular weight excluding hydrogens is 210 g/mol. The second-order valence-corrected chi connectivity index (χ2v) is 3.97. The van der Waals surface area contributed by atoms with Gasteiger partial charge in [-0.25, -0.2) is 0 Å². The van der Waals surface area contributed by atoms with Crippen LogP contribution in [0.1, 0.15) is 44.6 Å². The largest absolute Gasteiger partial charge is 0.508 e. The van der Waals surface area contributed by atoms with Crippen molar-refractivity contribution in [2.45, 2.75) is 45.6 Å². The topological polar surface area (TPSA) is 46.2 Å². The molecule has 1 aromatic carbocycles. The van der Waals surface area contributed by atoms with Gasteiger partial charge in [0, 0.05) is 12.1 Å². The summed E-state index contributed by atoms with van der Waals surface area (Å²) in [5.74, 6) is 0.278. The highest BCUT2D eigenvalue weighted by atomic mass is 16.3. The Morgan fingerprint density at radius 2 is 1.94 bits per heavy atom. The lowest BCUT2D eigenvalue weighted by atomic mass is 10.2. The third-order valence-corrected chi connectivity index (χ3v) is 2.47. The molecule has 1 rings (SSSR count). The van der Waals surface area contributed by atoms with Crippen LogP contribution in [0.3, 0.4) is 0 Å². The van der Waals surface area contributed by atoms with Crippen LogP contribution >= 0.6 is 0 Å². The number of aromatic hydroxyl groups is 1. The maximum absolute atomic E-state index is 9.03. The number of rotatable bonds is 6. The lowest BCUT2D eigenvalue weighted by Crippen LogP contribution is -1.95. The van der Waals surface area contributed by atoms with E-state index in [2.05, 4.69) is 13.5 Å². The first kappa shape index (κ1) is 15.7. The molecule has 0 heterocycles. The molecule has 0 aromatic heterocycles. The normalized spacial score (nSPS) is 9.29. The zero-order chi connectivity index (χ0) is 12.9. The predicted octanol–water partition coefficient (Wildman–Crippen LogP) is 3.99. The number of para-hydroxylation sites is 1. The number of phenolic OH excluding ortho intramolecular Hbond substituents is 1. The van der Waals surface area contributed by atoms with Gasteiger partial charge in [0.05, 0.1) is 0 Å². The summed E-state index contributed by atoms with van der Waals surface area (Å²) in [5, 5.41) is 9.03. The first-order chi connectivity index (χ1) is 8.26. The first-order valence-corrected chi connectivity index (χ1v) is 6.34. The Kier molecular flexibility index (Phi) is 10.4. The molecular formula is C15H25NO. The third-order valence-electron chi connectivity index (χ3n) is 2.47. The Bertz CT molecular complexity index is 297. The van der Waals surface area contributed by atoms with E-state index < -0.39 is 0 Å². The summed E-state index contributed by atoms with van der Waals surface area (Å²) in [7, 11) is 0. The number of benzene rings is 1. The minimum Gasteiger partial charge on any atom is -0.508 e. The molecule has 17 heavy (non-hydrogen) atoms. The number of hydrogen-bond acceptors (Lipinski definition) is 2. The van der Waals surface area contributed by atoms with Crippen LogP contribution in [-0.2, 0) is 6.54 Å². The van der Waals surface area contributed by atoms with Crippen LogP contribution in [0, 0.1) is 0 Å². The Hall–Kier alpha value is -1.28. The smallest absolute Gasteiger partial charge is 0.120 e. The summed E-state index contributed by atoms with van der Waals surface area (Å²) in [5.41, 5.74) is 6.08. The van der Waals surface area contributed by atoms with E-state index in [1.807, 2.05) is 12.1 Å². The Labute approximate surface area is 105 Å². The number of hydrogen-bond donors (Lipinski definition) is 2. The SMILES string of the molecule is C=CCCCCCC.NCc1ccccc1O. The van der Waals surface area contributed by atoms with Crippen LogP contribution in [0.25, 0.3) is 0 Å². The van der Waals surface area contributed by atoms with Crippen molar-refractivity contribution in [2.75, 3.05) is 0 Å². The molecule has 0 saturated carbocycles. The lowest BCUT2D eigenvalue weighted by Gasteiger charge is -1.97. The summed E-state index contributed by atoms with van der Waals surface area (Å²) in [6, 6.07) is 7.05. The first-order valence-electron chi connectivity index (χ1n) is 6.34. The van der Waals surface area contributed by atoms with E-state index >= 15 is 0 Å².